The Balaban J connectivity index is 1.26. The summed E-state index contributed by atoms with van der Waals surface area (Å²) in [4.78, 5) is 42.6. The fraction of sp³-hybridized carbons (Fsp3) is 0.278. The maximum Gasteiger partial charge on any atom is 0.256 e. The Morgan fingerprint density at radius 3 is 2.56 bits per heavy atom. The van der Waals surface area contributed by atoms with E-state index in [-0.39, 0.29) is 29.5 Å². The number of benzene rings is 3. The highest BCUT2D eigenvalue weighted by atomic mass is 35.5. The molecular weight excluding hydrogens is 588 g/mol. The molecule has 1 saturated heterocycles. The fourth-order valence-corrected chi connectivity index (χ4v) is 6.54. The first-order valence-electron chi connectivity index (χ1n) is 15.2. The number of para-hydroxylation sites is 1. The lowest BCUT2D eigenvalue weighted by molar-refractivity contribution is -0.140. The Kier molecular flexibility index (Phi) is 8.59. The topological polar surface area (TPSA) is 95.2 Å². The number of aryl methyl sites for hydroxylation is 1. The average Bonchev–Trinajstić information content (AvgIpc) is 3.30. The Morgan fingerprint density at radius 2 is 1.78 bits per heavy atom. The van der Waals surface area contributed by atoms with Gasteiger partial charge in [0.25, 0.3) is 5.91 Å². The quantitative estimate of drug-likeness (QED) is 0.245. The Bertz CT molecular complexity index is 1840. The molecule has 230 valence electrons. The number of nitrogens with one attached hydrogen (secondary N) is 1. The maximum absolute atomic E-state index is 14.4. The number of hydrogen-bond acceptors (Lipinski definition) is 6. The predicted octanol–water partition coefficient (Wildman–Crippen LogP) is 5.69. The first-order valence-corrected chi connectivity index (χ1v) is 15.5. The molecule has 2 aliphatic rings. The van der Waals surface area contributed by atoms with Gasteiger partial charge in [0.05, 0.1) is 16.8 Å². The van der Waals surface area contributed by atoms with Crippen LogP contribution in [0.5, 0.6) is 0 Å². The van der Waals surface area contributed by atoms with Gasteiger partial charge >= 0.3 is 0 Å². The van der Waals surface area contributed by atoms with E-state index in [0.717, 1.165) is 24.1 Å². The first kappa shape index (κ1) is 30.3. The van der Waals surface area contributed by atoms with Crippen LogP contribution >= 0.6 is 11.6 Å². The van der Waals surface area contributed by atoms with Crippen molar-refractivity contribution in [1.82, 2.24) is 15.2 Å². The molecule has 1 fully saturated rings. The minimum absolute atomic E-state index is 0.0763. The van der Waals surface area contributed by atoms with Crippen molar-refractivity contribution in [3.8, 4) is 0 Å². The molecule has 2 atom stereocenters. The second kappa shape index (κ2) is 12.7. The normalized spacial score (nSPS) is 18.4. The number of amides is 2. The number of halogens is 1. The Labute approximate surface area is 267 Å². The van der Waals surface area contributed by atoms with E-state index < -0.39 is 11.5 Å². The standard InChI is InChI=1S/C36H35ClN4O4/c1-24(32-22-30(42)28-12-6-7-13-31(28)45-32)38-29(21-26-14-16-27(37)17-15-26)34(43)41-20-18-33-36(23-41,35(44)40(2)39-33)19-8-11-25-9-4-3-5-10-25/h3-7,9-10,12-17,22,29,38H,1,8,11,18-21,23H2,2H3/t29-,36?/m0/s1. The summed E-state index contributed by atoms with van der Waals surface area (Å²) >= 11 is 6.14. The molecule has 45 heavy (non-hydrogen) atoms. The predicted molar refractivity (Wildman–Crippen MR) is 177 cm³/mol. The van der Waals surface area contributed by atoms with Gasteiger partial charge in [-0.05, 0) is 54.7 Å². The molecule has 1 aromatic heterocycles. The molecule has 8 nitrogen and oxygen atoms in total. The third-order valence-corrected chi connectivity index (χ3v) is 9.01. The molecule has 0 bridgehead atoms. The third-order valence-electron chi connectivity index (χ3n) is 8.76. The summed E-state index contributed by atoms with van der Waals surface area (Å²) < 4.78 is 6.01. The number of carbonyl (C=O) groups excluding carboxylic acids is 2. The maximum atomic E-state index is 14.4. The summed E-state index contributed by atoms with van der Waals surface area (Å²) in [5.41, 5.74) is 2.65. The fourth-order valence-electron chi connectivity index (χ4n) is 6.42. The first-order chi connectivity index (χ1) is 21.7. The summed E-state index contributed by atoms with van der Waals surface area (Å²) in [6, 6.07) is 25.2. The van der Waals surface area contributed by atoms with Gasteiger partial charge in [0.15, 0.2) is 11.2 Å². The highest BCUT2D eigenvalue weighted by Gasteiger charge is 2.53. The minimum Gasteiger partial charge on any atom is -0.454 e. The number of likely N-dealkylation sites (tertiary alicyclic amines) is 1. The smallest absolute Gasteiger partial charge is 0.256 e. The molecular formula is C36H35ClN4O4. The van der Waals surface area contributed by atoms with E-state index in [4.69, 9.17) is 16.0 Å². The van der Waals surface area contributed by atoms with Gasteiger partial charge < -0.3 is 14.6 Å². The lowest BCUT2D eigenvalue weighted by Gasteiger charge is -2.41. The summed E-state index contributed by atoms with van der Waals surface area (Å²) in [6.45, 7) is 4.83. The molecule has 3 aromatic carbocycles. The van der Waals surface area contributed by atoms with Crippen LogP contribution in [0.25, 0.3) is 16.7 Å². The van der Waals surface area contributed by atoms with Crippen LogP contribution in [-0.4, -0.2) is 53.6 Å². The second-order valence-corrected chi connectivity index (χ2v) is 12.2. The van der Waals surface area contributed by atoms with Crippen LogP contribution in [0.2, 0.25) is 5.02 Å². The number of nitrogens with zero attached hydrogens (tertiary/aromatic N) is 3. The van der Waals surface area contributed by atoms with Crippen molar-refractivity contribution in [2.45, 2.75) is 38.1 Å². The molecule has 1 unspecified atom stereocenters. The van der Waals surface area contributed by atoms with Crippen molar-refractivity contribution in [3.63, 3.8) is 0 Å². The molecule has 0 aliphatic carbocycles. The number of carbonyl (C=O) groups is 2. The van der Waals surface area contributed by atoms with Crippen LogP contribution in [0.15, 0.2) is 106 Å². The largest absolute Gasteiger partial charge is 0.454 e. The molecule has 4 aromatic rings. The minimum atomic E-state index is -0.857. The van der Waals surface area contributed by atoms with Crippen LogP contribution < -0.4 is 10.7 Å². The van der Waals surface area contributed by atoms with Crippen LogP contribution in [-0.2, 0) is 22.4 Å². The second-order valence-electron chi connectivity index (χ2n) is 11.8. The van der Waals surface area contributed by atoms with E-state index in [0.29, 0.717) is 47.5 Å². The van der Waals surface area contributed by atoms with Crippen molar-refractivity contribution < 1.29 is 14.0 Å². The van der Waals surface area contributed by atoms with Gasteiger partial charge in [-0.15, -0.1) is 0 Å². The van der Waals surface area contributed by atoms with Crippen LogP contribution in [0.3, 0.4) is 0 Å². The summed E-state index contributed by atoms with van der Waals surface area (Å²) in [7, 11) is 1.69. The van der Waals surface area contributed by atoms with Gasteiger partial charge in [-0.1, -0.05) is 72.8 Å². The van der Waals surface area contributed by atoms with E-state index in [1.54, 1.807) is 48.3 Å². The molecule has 2 aliphatic heterocycles. The molecule has 0 saturated carbocycles. The lowest BCUT2D eigenvalue weighted by Crippen LogP contribution is -2.57. The zero-order valence-electron chi connectivity index (χ0n) is 25.2. The van der Waals surface area contributed by atoms with Crippen LogP contribution in [0, 0.1) is 5.41 Å². The van der Waals surface area contributed by atoms with Gasteiger partial charge in [-0.25, -0.2) is 5.01 Å². The number of hydrogen-bond donors (Lipinski definition) is 1. The van der Waals surface area contributed by atoms with E-state index in [1.165, 1.54) is 16.6 Å². The van der Waals surface area contributed by atoms with E-state index >= 15 is 0 Å². The van der Waals surface area contributed by atoms with Crippen molar-refractivity contribution in [2.24, 2.45) is 10.5 Å². The molecule has 1 N–H and O–H groups in total. The third kappa shape index (κ3) is 6.28. The zero-order valence-corrected chi connectivity index (χ0v) is 25.9. The van der Waals surface area contributed by atoms with Crippen LogP contribution in [0.1, 0.15) is 36.1 Å². The SMILES string of the molecule is C=C(N[C@@H](Cc1ccc(Cl)cc1)C(=O)N1CCC2=NN(C)C(=O)C2(CCCc2ccccc2)C1)c1cc(=O)c2ccccc2o1. The average molecular weight is 623 g/mol. The lowest BCUT2D eigenvalue weighted by atomic mass is 9.73. The van der Waals surface area contributed by atoms with Gasteiger partial charge in [0.2, 0.25) is 5.91 Å². The van der Waals surface area contributed by atoms with Crippen LogP contribution in [0.4, 0.5) is 0 Å². The molecule has 9 heteroatoms. The Hall–Kier alpha value is -4.69. The van der Waals surface area contributed by atoms with Gasteiger partial charge in [0, 0.05) is 44.1 Å². The molecule has 6 rings (SSSR count). The van der Waals surface area contributed by atoms with Crippen molar-refractivity contribution in [2.75, 3.05) is 20.1 Å². The summed E-state index contributed by atoms with van der Waals surface area (Å²) in [5.74, 6) is 0.0105. The summed E-state index contributed by atoms with van der Waals surface area (Å²) in [5, 5.41) is 10.4. The van der Waals surface area contributed by atoms with E-state index in [2.05, 4.69) is 29.1 Å². The number of piperidine rings is 1. The Morgan fingerprint density at radius 1 is 1.04 bits per heavy atom. The molecule has 2 amide bonds. The van der Waals surface area contributed by atoms with Crippen molar-refractivity contribution in [1.29, 1.82) is 0 Å². The van der Waals surface area contributed by atoms with E-state index in [9.17, 15) is 14.4 Å². The number of rotatable bonds is 10. The van der Waals surface area contributed by atoms with Gasteiger partial charge in [0.1, 0.15) is 17.0 Å². The number of fused-ring (bicyclic) bond motifs is 2. The molecule has 0 spiro atoms. The molecule has 3 heterocycles. The van der Waals surface area contributed by atoms with Gasteiger partial charge in [-0.3, -0.25) is 14.4 Å². The highest BCUT2D eigenvalue weighted by molar-refractivity contribution is 6.30. The highest BCUT2D eigenvalue weighted by Crippen LogP contribution is 2.39. The van der Waals surface area contributed by atoms with Crippen molar-refractivity contribution in [3.05, 3.63) is 124 Å². The summed E-state index contributed by atoms with van der Waals surface area (Å²) in [6.07, 6.45) is 3.06. The zero-order chi connectivity index (χ0) is 31.6. The van der Waals surface area contributed by atoms with Crippen molar-refractivity contribution >= 4 is 45.8 Å². The number of hydrazone groups is 1. The monoisotopic (exact) mass is 622 g/mol. The van der Waals surface area contributed by atoms with Gasteiger partial charge in [-0.2, -0.15) is 5.10 Å². The van der Waals surface area contributed by atoms with E-state index in [1.807, 2.05) is 30.3 Å². The molecule has 0 radical (unpaired) electrons.